The van der Waals surface area contributed by atoms with E-state index in [2.05, 4.69) is 4.98 Å². The molecular formula is C23H21ClN2O4S. The second-order valence-electron chi connectivity index (χ2n) is 7.48. The predicted molar refractivity (Wildman–Crippen MR) is 120 cm³/mol. The van der Waals surface area contributed by atoms with Gasteiger partial charge in [-0.3, -0.25) is 14.5 Å². The molecule has 2 aromatic carbocycles. The number of amides is 1. The van der Waals surface area contributed by atoms with E-state index >= 15 is 0 Å². The zero-order valence-electron chi connectivity index (χ0n) is 16.5. The van der Waals surface area contributed by atoms with E-state index in [1.807, 2.05) is 53.9 Å². The number of hydrogen-bond donors (Lipinski definition) is 2. The Morgan fingerprint density at radius 2 is 1.87 bits per heavy atom. The van der Waals surface area contributed by atoms with Crippen molar-refractivity contribution in [3.63, 3.8) is 0 Å². The van der Waals surface area contributed by atoms with Crippen molar-refractivity contribution in [2.24, 2.45) is 5.92 Å². The third-order valence-corrected chi connectivity index (χ3v) is 6.72. The van der Waals surface area contributed by atoms with Crippen LogP contribution in [0.1, 0.15) is 24.3 Å². The Kier molecular flexibility index (Phi) is 6.36. The number of aliphatic hydroxyl groups excluding tert-OH is 1. The topological polar surface area (TPSA) is 90.7 Å². The molecule has 0 radical (unpaired) electrons. The standard InChI is InChI=1S/C23H21ClN2O4S/c24-17-9-5-4-8-15(17)18-13-31-23(25-18)26-11-10-19(27)21(14-6-2-1-3-7-14)16(22(26)30)12-20(28)29/h1-9,13,16,19,21,27H,10-12H2,(H,28,29). The number of aliphatic carboxylic acids is 1. The first-order valence-electron chi connectivity index (χ1n) is 9.92. The van der Waals surface area contributed by atoms with Crippen molar-refractivity contribution >= 4 is 39.9 Å². The summed E-state index contributed by atoms with van der Waals surface area (Å²) in [6.45, 7) is 0.259. The minimum Gasteiger partial charge on any atom is -0.481 e. The number of anilines is 1. The van der Waals surface area contributed by atoms with Gasteiger partial charge in [-0.15, -0.1) is 11.3 Å². The number of carbonyl (C=O) groups is 2. The number of benzene rings is 2. The van der Waals surface area contributed by atoms with Crippen LogP contribution in [0, 0.1) is 5.92 Å². The number of hydrogen-bond acceptors (Lipinski definition) is 5. The number of halogens is 1. The number of thiazole rings is 1. The van der Waals surface area contributed by atoms with Crippen LogP contribution in [0.25, 0.3) is 11.3 Å². The van der Waals surface area contributed by atoms with E-state index in [-0.39, 0.29) is 18.9 Å². The molecule has 1 aliphatic heterocycles. The minimum atomic E-state index is -1.08. The second-order valence-corrected chi connectivity index (χ2v) is 8.73. The van der Waals surface area contributed by atoms with Gasteiger partial charge in [0.2, 0.25) is 5.91 Å². The molecular weight excluding hydrogens is 436 g/mol. The maximum absolute atomic E-state index is 13.5. The van der Waals surface area contributed by atoms with E-state index in [0.29, 0.717) is 22.3 Å². The highest BCUT2D eigenvalue weighted by atomic mass is 35.5. The summed E-state index contributed by atoms with van der Waals surface area (Å²) in [6.07, 6.45) is -0.888. The predicted octanol–water partition coefficient (Wildman–Crippen LogP) is 4.44. The molecule has 2 heterocycles. The van der Waals surface area contributed by atoms with Crippen LogP contribution in [0.5, 0.6) is 0 Å². The highest BCUT2D eigenvalue weighted by Crippen LogP contribution is 2.39. The molecule has 160 valence electrons. The van der Waals surface area contributed by atoms with Crippen molar-refractivity contribution in [1.82, 2.24) is 4.98 Å². The van der Waals surface area contributed by atoms with Gasteiger partial charge in [0.1, 0.15) is 0 Å². The highest BCUT2D eigenvalue weighted by molar-refractivity contribution is 7.14. The number of aliphatic hydroxyl groups is 1. The summed E-state index contributed by atoms with van der Waals surface area (Å²) in [5.74, 6) is -2.92. The monoisotopic (exact) mass is 456 g/mol. The van der Waals surface area contributed by atoms with Gasteiger partial charge in [-0.05, 0) is 18.1 Å². The summed E-state index contributed by atoms with van der Waals surface area (Å²) >= 11 is 7.58. The maximum Gasteiger partial charge on any atom is 0.304 e. The molecule has 3 atom stereocenters. The van der Waals surface area contributed by atoms with Gasteiger partial charge in [-0.1, -0.05) is 60.1 Å². The SMILES string of the molecule is O=C(O)CC1C(=O)N(c2nc(-c3ccccc3Cl)cs2)CCC(O)C1c1ccccc1. The third kappa shape index (κ3) is 4.49. The lowest BCUT2D eigenvalue weighted by Crippen LogP contribution is -2.38. The molecule has 3 unspecified atom stereocenters. The summed E-state index contributed by atoms with van der Waals surface area (Å²) in [7, 11) is 0. The summed E-state index contributed by atoms with van der Waals surface area (Å²) in [6, 6.07) is 16.5. The Hall–Kier alpha value is -2.74. The van der Waals surface area contributed by atoms with E-state index in [1.165, 1.54) is 16.2 Å². The molecule has 1 fully saturated rings. The summed E-state index contributed by atoms with van der Waals surface area (Å²) in [5.41, 5.74) is 2.17. The van der Waals surface area contributed by atoms with Crippen LogP contribution in [-0.4, -0.2) is 39.7 Å². The average molecular weight is 457 g/mol. The first-order valence-corrected chi connectivity index (χ1v) is 11.2. The Morgan fingerprint density at radius 1 is 1.16 bits per heavy atom. The Labute approximate surface area is 188 Å². The molecule has 4 rings (SSSR count). The Balaban J connectivity index is 1.70. The van der Waals surface area contributed by atoms with Crippen LogP contribution in [-0.2, 0) is 9.59 Å². The largest absolute Gasteiger partial charge is 0.481 e. The minimum absolute atomic E-state index is 0.259. The number of carboxylic acid groups (broad SMARTS) is 1. The number of aromatic nitrogens is 1. The fraction of sp³-hybridized carbons (Fsp3) is 0.261. The van der Waals surface area contributed by atoms with Gasteiger partial charge in [0, 0.05) is 28.4 Å². The number of carboxylic acids is 1. The lowest BCUT2D eigenvalue weighted by Gasteiger charge is -2.28. The molecule has 1 aromatic heterocycles. The molecule has 8 heteroatoms. The summed E-state index contributed by atoms with van der Waals surface area (Å²) in [5, 5.41) is 23.2. The summed E-state index contributed by atoms with van der Waals surface area (Å²) in [4.78, 5) is 31.2. The summed E-state index contributed by atoms with van der Waals surface area (Å²) < 4.78 is 0. The van der Waals surface area contributed by atoms with E-state index < -0.39 is 23.9 Å². The Bertz CT molecular complexity index is 1090. The van der Waals surface area contributed by atoms with Crippen molar-refractivity contribution in [1.29, 1.82) is 0 Å². The first kappa shape index (κ1) is 21.5. The van der Waals surface area contributed by atoms with Crippen LogP contribution in [0.2, 0.25) is 5.02 Å². The zero-order valence-corrected chi connectivity index (χ0v) is 18.1. The Morgan fingerprint density at radius 3 is 2.58 bits per heavy atom. The quantitative estimate of drug-likeness (QED) is 0.592. The number of nitrogens with zero attached hydrogens (tertiary/aromatic N) is 2. The molecule has 6 nitrogen and oxygen atoms in total. The zero-order chi connectivity index (χ0) is 22.0. The van der Waals surface area contributed by atoms with Gasteiger partial charge >= 0.3 is 5.97 Å². The smallest absolute Gasteiger partial charge is 0.304 e. The molecule has 31 heavy (non-hydrogen) atoms. The van der Waals surface area contributed by atoms with E-state index in [9.17, 15) is 19.8 Å². The molecule has 1 amide bonds. The molecule has 1 saturated heterocycles. The van der Waals surface area contributed by atoms with Gasteiger partial charge in [0.25, 0.3) is 0 Å². The fourth-order valence-corrected chi connectivity index (χ4v) is 5.16. The molecule has 0 saturated carbocycles. The number of carbonyl (C=O) groups excluding carboxylic acids is 1. The lowest BCUT2D eigenvalue weighted by molar-refractivity contribution is -0.141. The normalized spacial score (nSPS) is 21.7. The third-order valence-electron chi connectivity index (χ3n) is 5.53. The van der Waals surface area contributed by atoms with Gasteiger partial charge < -0.3 is 10.2 Å². The van der Waals surface area contributed by atoms with Crippen molar-refractivity contribution < 1.29 is 19.8 Å². The fourth-order valence-electron chi connectivity index (χ4n) is 4.08. The van der Waals surface area contributed by atoms with E-state index in [1.54, 1.807) is 6.07 Å². The maximum atomic E-state index is 13.5. The van der Waals surface area contributed by atoms with Crippen molar-refractivity contribution in [2.75, 3.05) is 11.4 Å². The van der Waals surface area contributed by atoms with E-state index in [4.69, 9.17) is 11.6 Å². The lowest BCUT2D eigenvalue weighted by atomic mass is 9.79. The van der Waals surface area contributed by atoms with Crippen molar-refractivity contribution in [2.45, 2.75) is 24.9 Å². The number of rotatable bonds is 5. The van der Waals surface area contributed by atoms with E-state index in [0.717, 1.165) is 11.1 Å². The van der Waals surface area contributed by atoms with Gasteiger partial charge in [0.15, 0.2) is 5.13 Å². The highest BCUT2D eigenvalue weighted by Gasteiger charge is 2.42. The van der Waals surface area contributed by atoms with Crippen LogP contribution >= 0.6 is 22.9 Å². The van der Waals surface area contributed by atoms with Crippen LogP contribution in [0.15, 0.2) is 60.0 Å². The van der Waals surface area contributed by atoms with Crippen LogP contribution in [0.4, 0.5) is 5.13 Å². The molecule has 3 aromatic rings. The molecule has 1 aliphatic rings. The van der Waals surface area contributed by atoms with Gasteiger partial charge in [-0.2, -0.15) is 0 Å². The van der Waals surface area contributed by atoms with Gasteiger partial charge in [0.05, 0.1) is 24.1 Å². The van der Waals surface area contributed by atoms with Crippen LogP contribution < -0.4 is 4.90 Å². The molecule has 0 bridgehead atoms. The second kappa shape index (κ2) is 9.18. The van der Waals surface area contributed by atoms with Gasteiger partial charge in [-0.25, -0.2) is 4.98 Å². The average Bonchev–Trinajstić information content (AvgIpc) is 3.19. The van der Waals surface area contributed by atoms with Crippen molar-refractivity contribution in [3.05, 3.63) is 70.6 Å². The molecule has 0 aliphatic carbocycles. The molecule has 2 N–H and O–H groups in total. The van der Waals surface area contributed by atoms with Crippen molar-refractivity contribution in [3.8, 4) is 11.3 Å². The van der Waals surface area contributed by atoms with Crippen LogP contribution in [0.3, 0.4) is 0 Å². The first-order chi connectivity index (χ1) is 15.0. The molecule has 0 spiro atoms.